The van der Waals surface area contributed by atoms with E-state index < -0.39 is 0 Å². The first-order valence-corrected chi connectivity index (χ1v) is 7.14. The van der Waals surface area contributed by atoms with Crippen LogP contribution < -0.4 is 5.73 Å². The summed E-state index contributed by atoms with van der Waals surface area (Å²) in [5.74, 6) is 0. The number of hydrogen-bond donors (Lipinski definition) is 1. The molecule has 0 aliphatic rings. The Balaban J connectivity index is 2.11. The van der Waals surface area contributed by atoms with Crippen molar-refractivity contribution in [3.63, 3.8) is 0 Å². The van der Waals surface area contributed by atoms with Gasteiger partial charge in [0, 0.05) is 6.04 Å². The predicted octanol–water partition coefficient (Wildman–Crippen LogP) is 4.39. The van der Waals surface area contributed by atoms with E-state index in [2.05, 4.69) is 37.8 Å². The lowest BCUT2D eigenvalue weighted by Gasteiger charge is -2.11. The Hall–Kier alpha value is -1.08. The summed E-state index contributed by atoms with van der Waals surface area (Å²) < 4.78 is 0. The van der Waals surface area contributed by atoms with Gasteiger partial charge in [0.05, 0.1) is 0 Å². The average molecular weight is 245 g/mol. The van der Waals surface area contributed by atoms with E-state index in [-0.39, 0.29) is 0 Å². The second-order valence-corrected chi connectivity index (χ2v) is 5.21. The maximum absolute atomic E-state index is 6.15. The van der Waals surface area contributed by atoms with Gasteiger partial charge in [0.1, 0.15) is 0 Å². The van der Waals surface area contributed by atoms with Gasteiger partial charge in [-0.05, 0) is 44.6 Å². The van der Waals surface area contributed by atoms with E-state index in [9.17, 15) is 0 Å². The molecular weight excluding hydrogens is 218 g/mol. The molecule has 0 saturated heterocycles. The van der Waals surface area contributed by atoms with Crippen LogP contribution >= 0.6 is 0 Å². The maximum atomic E-state index is 6.15. The fourth-order valence-electron chi connectivity index (χ4n) is 2.12. The summed E-state index contributed by atoms with van der Waals surface area (Å²) >= 11 is 0. The van der Waals surface area contributed by atoms with Crippen LogP contribution in [0, 0.1) is 6.92 Å². The fraction of sp³-hybridized carbons (Fsp3) is 0.529. The van der Waals surface area contributed by atoms with Crippen LogP contribution in [0.3, 0.4) is 0 Å². The van der Waals surface area contributed by atoms with E-state index >= 15 is 0 Å². The van der Waals surface area contributed by atoms with Crippen LogP contribution in [0.5, 0.6) is 0 Å². The molecule has 0 aromatic heterocycles. The molecule has 1 unspecified atom stereocenters. The number of aryl methyl sites for hydroxylation is 2. The second kappa shape index (κ2) is 8.93. The minimum absolute atomic E-state index is 0.357. The highest BCUT2D eigenvalue weighted by molar-refractivity contribution is 5.21. The van der Waals surface area contributed by atoms with E-state index in [0.29, 0.717) is 6.04 Å². The van der Waals surface area contributed by atoms with E-state index in [4.69, 9.17) is 5.73 Å². The molecule has 1 heteroatoms. The molecule has 1 rings (SSSR count). The highest BCUT2D eigenvalue weighted by atomic mass is 14.6. The third-order valence-corrected chi connectivity index (χ3v) is 3.41. The van der Waals surface area contributed by atoms with Crippen molar-refractivity contribution in [2.75, 3.05) is 0 Å². The Kier molecular flexibility index (Phi) is 7.43. The zero-order chi connectivity index (χ0) is 13.2. The lowest BCUT2D eigenvalue weighted by molar-refractivity contribution is 0.525. The molecule has 1 aromatic rings. The highest BCUT2D eigenvalue weighted by Gasteiger charge is 2.03. The van der Waals surface area contributed by atoms with Crippen molar-refractivity contribution < 1.29 is 0 Å². The first kappa shape index (κ1) is 15.0. The number of allylic oxidation sites excluding steroid dienone is 1. The topological polar surface area (TPSA) is 26.0 Å². The van der Waals surface area contributed by atoms with Gasteiger partial charge in [0.2, 0.25) is 0 Å². The molecule has 2 N–H and O–H groups in total. The van der Waals surface area contributed by atoms with Crippen molar-refractivity contribution in [1.29, 1.82) is 0 Å². The van der Waals surface area contributed by atoms with Crippen molar-refractivity contribution in [2.45, 2.75) is 57.9 Å². The molecule has 0 aliphatic carbocycles. The van der Waals surface area contributed by atoms with Gasteiger partial charge in [0.25, 0.3) is 0 Å². The van der Waals surface area contributed by atoms with Gasteiger partial charge in [-0.3, -0.25) is 0 Å². The van der Waals surface area contributed by atoms with Crippen LogP contribution in [0.1, 0.15) is 49.7 Å². The Labute approximate surface area is 112 Å². The van der Waals surface area contributed by atoms with Crippen LogP contribution in [-0.2, 0) is 6.42 Å². The lowest BCUT2D eigenvalue weighted by Crippen LogP contribution is -2.20. The largest absolute Gasteiger partial charge is 0.328 e. The SMILES string of the molecule is C=CCCCCCC(N)CCc1ccc(C)cc1. The summed E-state index contributed by atoms with van der Waals surface area (Å²) in [6.45, 7) is 5.86. The summed E-state index contributed by atoms with van der Waals surface area (Å²) in [4.78, 5) is 0. The number of unbranched alkanes of at least 4 members (excludes halogenated alkanes) is 3. The smallest absolute Gasteiger partial charge is 0.00419 e. The van der Waals surface area contributed by atoms with Gasteiger partial charge >= 0.3 is 0 Å². The average Bonchev–Trinajstić information content (AvgIpc) is 2.38. The minimum atomic E-state index is 0.357. The van der Waals surface area contributed by atoms with E-state index in [1.165, 1.54) is 30.4 Å². The molecule has 0 radical (unpaired) electrons. The van der Waals surface area contributed by atoms with Crippen molar-refractivity contribution in [1.82, 2.24) is 0 Å². The first-order valence-electron chi connectivity index (χ1n) is 7.14. The molecule has 0 bridgehead atoms. The second-order valence-electron chi connectivity index (χ2n) is 5.21. The molecule has 0 spiro atoms. The lowest BCUT2D eigenvalue weighted by atomic mass is 10.0. The normalized spacial score (nSPS) is 12.3. The summed E-state index contributed by atoms with van der Waals surface area (Å²) in [5.41, 5.74) is 8.88. The molecule has 0 heterocycles. The molecule has 18 heavy (non-hydrogen) atoms. The summed E-state index contributed by atoms with van der Waals surface area (Å²) in [6.07, 6.45) is 10.3. The molecule has 1 atom stereocenters. The zero-order valence-electron chi connectivity index (χ0n) is 11.7. The third-order valence-electron chi connectivity index (χ3n) is 3.41. The quantitative estimate of drug-likeness (QED) is 0.507. The monoisotopic (exact) mass is 245 g/mol. The van der Waals surface area contributed by atoms with Crippen molar-refractivity contribution >= 4 is 0 Å². The standard InChI is InChI=1S/C17H27N/c1-3-4-5-6-7-8-17(18)14-13-16-11-9-15(2)10-12-16/h3,9-12,17H,1,4-8,13-14,18H2,2H3. The molecule has 1 nitrogen and oxygen atoms in total. The van der Waals surface area contributed by atoms with Gasteiger partial charge in [-0.2, -0.15) is 0 Å². The van der Waals surface area contributed by atoms with Crippen molar-refractivity contribution in [3.05, 3.63) is 48.0 Å². The van der Waals surface area contributed by atoms with Crippen LogP contribution in [0.25, 0.3) is 0 Å². The highest BCUT2D eigenvalue weighted by Crippen LogP contribution is 2.11. The molecular formula is C17H27N. The summed E-state index contributed by atoms with van der Waals surface area (Å²) in [5, 5.41) is 0. The third kappa shape index (κ3) is 6.61. The van der Waals surface area contributed by atoms with Crippen molar-refractivity contribution in [2.24, 2.45) is 5.73 Å². The van der Waals surface area contributed by atoms with Crippen LogP contribution in [0.4, 0.5) is 0 Å². The van der Waals surface area contributed by atoms with Gasteiger partial charge in [-0.1, -0.05) is 48.7 Å². The van der Waals surface area contributed by atoms with Crippen LogP contribution in [-0.4, -0.2) is 6.04 Å². The molecule has 100 valence electrons. The van der Waals surface area contributed by atoms with Crippen molar-refractivity contribution in [3.8, 4) is 0 Å². The van der Waals surface area contributed by atoms with Gasteiger partial charge < -0.3 is 5.73 Å². The van der Waals surface area contributed by atoms with Gasteiger partial charge in [0.15, 0.2) is 0 Å². The molecule has 0 fully saturated rings. The molecule has 1 aromatic carbocycles. The fourth-order valence-corrected chi connectivity index (χ4v) is 2.12. The Morgan fingerprint density at radius 1 is 1.11 bits per heavy atom. The van der Waals surface area contributed by atoms with Crippen LogP contribution in [0.2, 0.25) is 0 Å². The zero-order valence-corrected chi connectivity index (χ0v) is 11.7. The van der Waals surface area contributed by atoms with E-state index in [1.807, 2.05) is 6.08 Å². The number of benzene rings is 1. The van der Waals surface area contributed by atoms with Gasteiger partial charge in [-0.15, -0.1) is 6.58 Å². The van der Waals surface area contributed by atoms with Gasteiger partial charge in [-0.25, -0.2) is 0 Å². The summed E-state index contributed by atoms with van der Waals surface area (Å²) in [6, 6.07) is 9.14. The van der Waals surface area contributed by atoms with E-state index in [1.54, 1.807) is 0 Å². The van der Waals surface area contributed by atoms with Crippen LogP contribution in [0.15, 0.2) is 36.9 Å². The summed E-state index contributed by atoms with van der Waals surface area (Å²) in [7, 11) is 0. The predicted molar refractivity (Wildman–Crippen MR) is 80.8 cm³/mol. The molecule has 0 saturated carbocycles. The maximum Gasteiger partial charge on any atom is 0.00419 e. The molecule has 0 aliphatic heterocycles. The Morgan fingerprint density at radius 2 is 1.83 bits per heavy atom. The number of hydrogen-bond acceptors (Lipinski definition) is 1. The van der Waals surface area contributed by atoms with E-state index in [0.717, 1.165) is 25.7 Å². The number of nitrogens with two attached hydrogens (primary N) is 1. The molecule has 0 amide bonds. The number of rotatable bonds is 9. The Morgan fingerprint density at radius 3 is 2.50 bits per heavy atom. The minimum Gasteiger partial charge on any atom is -0.328 e. The first-order chi connectivity index (χ1) is 8.72. The Bertz CT molecular complexity index is 326.